The fourth-order valence-electron chi connectivity index (χ4n) is 3.85. The number of unbranched alkanes of at least 4 members (excludes halogenated alkanes) is 3. The molecule has 0 aromatic carbocycles. The number of hydrogen-bond acceptors (Lipinski definition) is 7. The Morgan fingerprint density at radius 2 is 1.07 bits per heavy atom. The van der Waals surface area contributed by atoms with E-state index >= 15 is 0 Å². The van der Waals surface area contributed by atoms with E-state index in [0.29, 0.717) is 6.16 Å². The Kier molecular flexibility index (Phi) is 12.9. The van der Waals surface area contributed by atoms with Crippen LogP contribution in [0.5, 0.6) is 0 Å². The van der Waals surface area contributed by atoms with Gasteiger partial charge in [-0.2, -0.15) is 0 Å². The van der Waals surface area contributed by atoms with Crippen molar-refractivity contribution >= 4 is 17.7 Å². The summed E-state index contributed by atoms with van der Waals surface area (Å²) >= 11 is 0. The minimum absolute atomic E-state index is 0.0641. The van der Waals surface area contributed by atoms with Crippen molar-refractivity contribution in [3.8, 4) is 0 Å². The summed E-state index contributed by atoms with van der Waals surface area (Å²) in [4.78, 5) is 0. The van der Waals surface area contributed by atoms with Gasteiger partial charge in [0.05, 0.1) is 0 Å². The number of rotatable bonds is 17. The molecule has 0 saturated heterocycles. The van der Waals surface area contributed by atoms with Crippen LogP contribution in [0, 0.1) is 0 Å². The summed E-state index contributed by atoms with van der Waals surface area (Å²) in [5.74, 6) is 0. The van der Waals surface area contributed by atoms with Crippen LogP contribution in [0.2, 0.25) is 0 Å². The molecular weight excluding hydrogens is 397 g/mol. The van der Waals surface area contributed by atoms with Crippen LogP contribution in [0.25, 0.3) is 0 Å². The van der Waals surface area contributed by atoms with Crippen LogP contribution in [0.3, 0.4) is 0 Å². The van der Waals surface area contributed by atoms with Crippen molar-refractivity contribution in [3.05, 3.63) is 0 Å². The average molecular weight is 444 g/mol. The molecule has 0 N–H and O–H groups in total. The molecule has 0 heterocycles. The Morgan fingerprint density at radius 1 is 0.714 bits per heavy atom. The standard InChI is InChI=1S/C19H46N3O4PS/c1-9-14-17-20(6)27(13-5,21(7)18-15-10-2,22(8)19-16-11-3)26-28(23,24)25-12-4/h9-19H2,1-8H3. The van der Waals surface area contributed by atoms with Crippen LogP contribution in [-0.2, 0) is 18.6 Å². The topological polar surface area (TPSA) is 62.3 Å². The molecule has 0 radical (unpaired) electrons. The van der Waals surface area contributed by atoms with Gasteiger partial charge in [0, 0.05) is 0 Å². The first-order chi connectivity index (χ1) is 13.1. The third-order valence-electron chi connectivity index (χ3n) is 5.62. The molecule has 0 atom stereocenters. The minimum atomic E-state index is -4.14. The second-order valence-corrected chi connectivity index (χ2v) is 13.9. The maximum atomic E-state index is 12.9. The molecule has 0 aliphatic heterocycles. The van der Waals surface area contributed by atoms with Crippen LogP contribution in [0.15, 0.2) is 0 Å². The van der Waals surface area contributed by atoms with Crippen molar-refractivity contribution in [2.45, 2.75) is 73.1 Å². The first kappa shape index (κ1) is 28.2. The molecule has 0 bridgehead atoms. The first-order valence-corrected chi connectivity index (χ1v) is 14.4. The van der Waals surface area contributed by atoms with E-state index in [9.17, 15) is 8.42 Å². The van der Waals surface area contributed by atoms with E-state index in [1.807, 2.05) is 28.1 Å². The fourth-order valence-corrected chi connectivity index (χ4v) is 12.2. The molecule has 172 valence electrons. The summed E-state index contributed by atoms with van der Waals surface area (Å²) in [5, 5.41) is 0. The third kappa shape index (κ3) is 6.34. The summed E-state index contributed by atoms with van der Waals surface area (Å²) in [6.45, 7) is 12.5. The van der Waals surface area contributed by atoms with Crippen molar-refractivity contribution < 1.29 is 16.6 Å². The predicted molar refractivity (Wildman–Crippen MR) is 122 cm³/mol. The summed E-state index contributed by atoms with van der Waals surface area (Å²) < 4.78 is 43.6. The Bertz CT molecular complexity index is 494. The molecule has 0 fully saturated rings. The van der Waals surface area contributed by atoms with Crippen molar-refractivity contribution in [2.75, 3.05) is 53.5 Å². The second-order valence-electron chi connectivity index (χ2n) is 7.48. The third-order valence-corrected chi connectivity index (χ3v) is 13.9. The van der Waals surface area contributed by atoms with Crippen LogP contribution < -0.4 is 0 Å². The van der Waals surface area contributed by atoms with Gasteiger partial charge in [-0.05, 0) is 0 Å². The second kappa shape index (κ2) is 12.8. The van der Waals surface area contributed by atoms with E-state index in [1.165, 1.54) is 0 Å². The van der Waals surface area contributed by atoms with Gasteiger partial charge in [-0.3, -0.25) is 0 Å². The van der Waals surface area contributed by atoms with Gasteiger partial charge in [0.1, 0.15) is 0 Å². The number of hydrogen-bond donors (Lipinski definition) is 0. The molecule has 0 unspecified atom stereocenters. The molecule has 0 amide bonds. The summed E-state index contributed by atoms with van der Waals surface area (Å²) in [6.07, 6.45) is 6.64. The van der Waals surface area contributed by atoms with Crippen LogP contribution in [0.4, 0.5) is 0 Å². The molecule has 0 aliphatic rings. The summed E-state index contributed by atoms with van der Waals surface area (Å²) in [7, 11) is -1.72. The van der Waals surface area contributed by atoms with E-state index in [0.717, 1.165) is 58.2 Å². The molecule has 0 aliphatic carbocycles. The van der Waals surface area contributed by atoms with Crippen molar-refractivity contribution in [2.24, 2.45) is 0 Å². The van der Waals surface area contributed by atoms with E-state index in [-0.39, 0.29) is 6.61 Å². The van der Waals surface area contributed by atoms with Gasteiger partial charge < -0.3 is 0 Å². The van der Waals surface area contributed by atoms with Crippen molar-refractivity contribution in [1.82, 2.24) is 14.0 Å². The zero-order chi connectivity index (χ0) is 21.9. The predicted octanol–water partition coefficient (Wildman–Crippen LogP) is 4.71. The summed E-state index contributed by atoms with van der Waals surface area (Å²) in [5.41, 5.74) is 0. The Labute approximate surface area is 175 Å². The van der Waals surface area contributed by atoms with Gasteiger partial charge in [-0.25, -0.2) is 0 Å². The number of nitrogens with zero attached hydrogens (tertiary/aromatic N) is 3. The van der Waals surface area contributed by atoms with Crippen molar-refractivity contribution in [1.29, 1.82) is 0 Å². The molecule has 0 aromatic rings. The molecule has 0 rings (SSSR count). The molecule has 0 saturated carbocycles. The quantitative estimate of drug-likeness (QED) is 0.302. The molecule has 9 heteroatoms. The zero-order valence-electron chi connectivity index (χ0n) is 19.6. The Morgan fingerprint density at radius 3 is 1.32 bits per heavy atom. The molecule has 28 heavy (non-hydrogen) atoms. The van der Waals surface area contributed by atoms with Crippen LogP contribution >= 0.6 is 7.28 Å². The van der Waals surface area contributed by atoms with E-state index in [2.05, 4.69) is 34.8 Å². The average Bonchev–Trinajstić information content (AvgIpc) is 2.66. The van der Waals surface area contributed by atoms with E-state index in [4.69, 9.17) is 8.15 Å². The normalized spacial score (nSPS) is 14.8. The van der Waals surface area contributed by atoms with Gasteiger partial charge in [-0.1, -0.05) is 0 Å². The summed E-state index contributed by atoms with van der Waals surface area (Å²) in [6, 6.07) is 0. The maximum absolute atomic E-state index is 12.9. The van der Waals surface area contributed by atoms with Gasteiger partial charge in [0.15, 0.2) is 0 Å². The van der Waals surface area contributed by atoms with Crippen LogP contribution in [-0.4, -0.2) is 76.0 Å². The molecule has 7 nitrogen and oxygen atoms in total. The van der Waals surface area contributed by atoms with Crippen LogP contribution in [0.1, 0.15) is 73.1 Å². The van der Waals surface area contributed by atoms with Gasteiger partial charge in [0.25, 0.3) is 0 Å². The Balaban J connectivity index is 6.58. The fraction of sp³-hybridized carbons (Fsp3) is 1.00. The SMILES string of the molecule is CCCCN(C)P(CC)(OS(=O)(=O)OCC)(N(C)CCCC)N(C)CCCC. The van der Waals surface area contributed by atoms with E-state index < -0.39 is 17.7 Å². The van der Waals surface area contributed by atoms with Gasteiger partial charge >= 0.3 is 175 Å². The van der Waals surface area contributed by atoms with Gasteiger partial charge in [-0.15, -0.1) is 0 Å². The van der Waals surface area contributed by atoms with E-state index in [1.54, 1.807) is 6.92 Å². The zero-order valence-corrected chi connectivity index (χ0v) is 21.3. The van der Waals surface area contributed by atoms with Crippen molar-refractivity contribution in [3.63, 3.8) is 0 Å². The molecular formula is C19H46N3O4PS. The molecule has 0 aromatic heterocycles. The monoisotopic (exact) mass is 443 g/mol. The van der Waals surface area contributed by atoms with Gasteiger partial charge in [0.2, 0.25) is 0 Å². The molecule has 0 spiro atoms. The Hall–Kier alpha value is 0.180. The first-order valence-electron chi connectivity index (χ1n) is 10.9.